The number of rotatable bonds is 6. The maximum absolute atomic E-state index is 10.1. The van der Waals surface area contributed by atoms with Crippen LogP contribution in [0.2, 0.25) is 0 Å². The number of aliphatic hydroxyl groups is 1. The molecule has 0 spiro atoms. The van der Waals surface area contributed by atoms with Crippen LogP contribution >= 0.6 is 0 Å². The average molecular weight is 200 g/mol. The smallest absolute Gasteiger partial charge is 0.165 e. The summed E-state index contributed by atoms with van der Waals surface area (Å²) in [6.07, 6.45) is 5.08. The molecule has 1 saturated carbocycles. The van der Waals surface area contributed by atoms with Crippen LogP contribution < -0.4 is 0 Å². The minimum absolute atomic E-state index is 0.179. The monoisotopic (exact) mass is 200 g/mol. The van der Waals surface area contributed by atoms with Crippen molar-refractivity contribution in [3.8, 4) is 0 Å². The van der Waals surface area contributed by atoms with Crippen molar-refractivity contribution >= 4 is 0 Å². The zero-order valence-electron chi connectivity index (χ0n) is 9.97. The number of hydrogen-bond acceptors (Lipinski definition) is 2. The first kappa shape index (κ1) is 12.0. The molecule has 0 atom stereocenters. The van der Waals surface area contributed by atoms with E-state index in [-0.39, 0.29) is 5.60 Å². The Hall–Kier alpha value is -0.0800. The molecular formula is C12H24O2. The molecule has 0 unspecified atom stereocenters. The van der Waals surface area contributed by atoms with Gasteiger partial charge in [0.25, 0.3) is 0 Å². The Kier molecular flexibility index (Phi) is 3.59. The van der Waals surface area contributed by atoms with E-state index >= 15 is 0 Å². The molecule has 0 aromatic carbocycles. The van der Waals surface area contributed by atoms with Gasteiger partial charge in [-0.2, -0.15) is 0 Å². The van der Waals surface area contributed by atoms with Crippen molar-refractivity contribution < 1.29 is 9.84 Å². The van der Waals surface area contributed by atoms with Gasteiger partial charge in [0.1, 0.15) is 0 Å². The zero-order chi connectivity index (χ0) is 10.8. The molecule has 0 aliphatic heterocycles. The molecule has 0 aromatic heterocycles. The molecule has 1 aliphatic carbocycles. The summed E-state index contributed by atoms with van der Waals surface area (Å²) in [5, 5.41) is 10.1. The number of ether oxygens (including phenoxy) is 1. The molecule has 0 amide bonds. The zero-order valence-corrected chi connectivity index (χ0v) is 9.97. The standard InChI is InChI=1S/C12H24O2/c1-5-12(13,6-2)14-11(3,4)9-10-7-8-10/h10,13H,5-9H2,1-4H3. The summed E-state index contributed by atoms with van der Waals surface area (Å²) >= 11 is 0. The Morgan fingerprint density at radius 3 is 2.07 bits per heavy atom. The summed E-state index contributed by atoms with van der Waals surface area (Å²) in [4.78, 5) is 0. The second kappa shape index (κ2) is 4.19. The maximum Gasteiger partial charge on any atom is 0.165 e. The van der Waals surface area contributed by atoms with Gasteiger partial charge >= 0.3 is 0 Å². The third kappa shape index (κ3) is 3.58. The van der Waals surface area contributed by atoms with E-state index in [2.05, 4.69) is 13.8 Å². The predicted molar refractivity (Wildman–Crippen MR) is 58.0 cm³/mol. The minimum Gasteiger partial charge on any atom is -0.365 e. The van der Waals surface area contributed by atoms with Crippen LogP contribution in [0.1, 0.15) is 59.8 Å². The Morgan fingerprint density at radius 1 is 1.21 bits per heavy atom. The third-order valence-corrected chi connectivity index (χ3v) is 3.05. The Balaban J connectivity index is 2.45. The van der Waals surface area contributed by atoms with Crippen molar-refractivity contribution in [3.63, 3.8) is 0 Å². The molecule has 1 rings (SSSR count). The van der Waals surface area contributed by atoms with Crippen molar-refractivity contribution in [1.29, 1.82) is 0 Å². The summed E-state index contributed by atoms with van der Waals surface area (Å²) in [6.45, 7) is 8.11. The van der Waals surface area contributed by atoms with Crippen molar-refractivity contribution in [2.45, 2.75) is 71.2 Å². The van der Waals surface area contributed by atoms with Crippen LogP contribution in [0.3, 0.4) is 0 Å². The van der Waals surface area contributed by atoms with E-state index in [0.717, 1.165) is 12.3 Å². The van der Waals surface area contributed by atoms with E-state index < -0.39 is 5.79 Å². The summed E-state index contributed by atoms with van der Waals surface area (Å²) in [5.41, 5.74) is -0.179. The van der Waals surface area contributed by atoms with Gasteiger partial charge in [0.2, 0.25) is 0 Å². The molecule has 2 nitrogen and oxygen atoms in total. The van der Waals surface area contributed by atoms with Gasteiger partial charge < -0.3 is 9.84 Å². The molecule has 0 saturated heterocycles. The molecule has 1 fully saturated rings. The maximum atomic E-state index is 10.1. The van der Waals surface area contributed by atoms with E-state index in [4.69, 9.17) is 4.74 Å². The topological polar surface area (TPSA) is 29.5 Å². The molecule has 0 aromatic rings. The van der Waals surface area contributed by atoms with Gasteiger partial charge in [-0.25, -0.2) is 0 Å². The van der Waals surface area contributed by atoms with Gasteiger partial charge in [0.05, 0.1) is 5.60 Å². The lowest BCUT2D eigenvalue weighted by Crippen LogP contribution is -2.40. The molecule has 1 N–H and O–H groups in total. The molecule has 84 valence electrons. The lowest BCUT2D eigenvalue weighted by atomic mass is 10.00. The summed E-state index contributed by atoms with van der Waals surface area (Å²) < 4.78 is 5.83. The molecule has 0 heterocycles. The van der Waals surface area contributed by atoms with Crippen LogP contribution in [-0.4, -0.2) is 16.5 Å². The van der Waals surface area contributed by atoms with Gasteiger partial charge in [0.15, 0.2) is 5.79 Å². The van der Waals surface area contributed by atoms with E-state index in [1.54, 1.807) is 0 Å². The molecule has 1 aliphatic rings. The highest BCUT2D eigenvalue weighted by atomic mass is 16.6. The van der Waals surface area contributed by atoms with Gasteiger partial charge in [0, 0.05) is 0 Å². The van der Waals surface area contributed by atoms with Crippen molar-refractivity contribution in [3.05, 3.63) is 0 Å². The van der Waals surface area contributed by atoms with Gasteiger partial charge in [-0.15, -0.1) is 0 Å². The van der Waals surface area contributed by atoms with Crippen LogP contribution in [0, 0.1) is 5.92 Å². The van der Waals surface area contributed by atoms with Crippen LogP contribution in [0.4, 0.5) is 0 Å². The van der Waals surface area contributed by atoms with E-state index in [1.807, 2.05) is 13.8 Å². The van der Waals surface area contributed by atoms with Crippen LogP contribution in [0.15, 0.2) is 0 Å². The van der Waals surface area contributed by atoms with Gasteiger partial charge in [-0.3, -0.25) is 0 Å². The fourth-order valence-electron chi connectivity index (χ4n) is 1.97. The molecule has 0 bridgehead atoms. The molecular weight excluding hydrogens is 176 g/mol. The first-order valence-electron chi connectivity index (χ1n) is 5.83. The Labute approximate surface area is 87.7 Å². The summed E-state index contributed by atoms with van der Waals surface area (Å²) in [5.74, 6) is -0.0822. The van der Waals surface area contributed by atoms with Crippen molar-refractivity contribution in [2.75, 3.05) is 0 Å². The van der Waals surface area contributed by atoms with Crippen LogP contribution in [-0.2, 0) is 4.74 Å². The summed E-state index contributed by atoms with van der Waals surface area (Å²) in [6, 6.07) is 0. The second-order valence-corrected chi connectivity index (χ2v) is 5.16. The lowest BCUT2D eigenvalue weighted by molar-refractivity contribution is -0.262. The highest BCUT2D eigenvalue weighted by molar-refractivity contribution is 4.84. The minimum atomic E-state index is -0.918. The highest BCUT2D eigenvalue weighted by Crippen LogP contribution is 2.39. The number of hydrogen-bond donors (Lipinski definition) is 1. The lowest BCUT2D eigenvalue weighted by Gasteiger charge is -2.36. The fourth-order valence-corrected chi connectivity index (χ4v) is 1.97. The van der Waals surface area contributed by atoms with Crippen LogP contribution in [0.25, 0.3) is 0 Å². The predicted octanol–water partition coefficient (Wildman–Crippen LogP) is 3.09. The SMILES string of the molecule is CCC(O)(CC)OC(C)(C)CC1CC1. The summed E-state index contributed by atoms with van der Waals surface area (Å²) in [7, 11) is 0. The molecule has 14 heavy (non-hydrogen) atoms. The van der Waals surface area contributed by atoms with Crippen molar-refractivity contribution in [2.24, 2.45) is 5.92 Å². The Bertz CT molecular complexity index is 179. The van der Waals surface area contributed by atoms with E-state index in [9.17, 15) is 5.11 Å². The third-order valence-electron chi connectivity index (χ3n) is 3.05. The van der Waals surface area contributed by atoms with E-state index in [1.165, 1.54) is 12.8 Å². The fraction of sp³-hybridized carbons (Fsp3) is 1.00. The largest absolute Gasteiger partial charge is 0.365 e. The molecule has 2 heteroatoms. The van der Waals surface area contributed by atoms with Gasteiger partial charge in [-0.1, -0.05) is 26.7 Å². The average Bonchev–Trinajstić information content (AvgIpc) is 2.86. The normalized spacial score (nSPS) is 18.6. The quantitative estimate of drug-likeness (QED) is 0.668. The van der Waals surface area contributed by atoms with Gasteiger partial charge in [-0.05, 0) is 39.0 Å². The molecule has 0 radical (unpaired) electrons. The van der Waals surface area contributed by atoms with Crippen molar-refractivity contribution in [1.82, 2.24) is 0 Å². The first-order chi connectivity index (χ1) is 6.41. The Morgan fingerprint density at radius 2 is 1.71 bits per heavy atom. The highest BCUT2D eigenvalue weighted by Gasteiger charge is 2.36. The van der Waals surface area contributed by atoms with E-state index in [0.29, 0.717) is 12.8 Å². The second-order valence-electron chi connectivity index (χ2n) is 5.16. The first-order valence-corrected chi connectivity index (χ1v) is 5.83. The van der Waals surface area contributed by atoms with Crippen LogP contribution in [0.5, 0.6) is 0 Å².